The summed E-state index contributed by atoms with van der Waals surface area (Å²) in [6.07, 6.45) is 0.194. The van der Waals surface area contributed by atoms with E-state index in [9.17, 15) is 24.6 Å². The van der Waals surface area contributed by atoms with E-state index in [0.717, 1.165) is 23.1 Å². The Kier molecular flexibility index (Phi) is 16.2. The smallest absolute Gasteiger partial charge is 0.348 e. The molecule has 0 saturated carbocycles. The Morgan fingerprint density at radius 1 is 0.696 bits per heavy atom. The van der Waals surface area contributed by atoms with Crippen LogP contribution in [0.1, 0.15) is 54.2 Å². The van der Waals surface area contributed by atoms with Crippen LogP contribution in [0, 0.1) is 0 Å². The van der Waals surface area contributed by atoms with Crippen LogP contribution in [-0.4, -0.2) is 65.4 Å². The summed E-state index contributed by atoms with van der Waals surface area (Å²) in [6.45, 7) is 2.04. The van der Waals surface area contributed by atoms with Crippen molar-refractivity contribution in [1.29, 1.82) is 0 Å². The first-order valence-corrected chi connectivity index (χ1v) is 20.0. The van der Waals surface area contributed by atoms with Crippen molar-refractivity contribution in [2.45, 2.75) is 44.1 Å². The number of benzene rings is 4. The number of cyclic esters (lactones) is 2. The zero-order valence-electron chi connectivity index (χ0n) is 30.8. The number of aliphatic hydroxyl groups excluding tert-OH is 3. The minimum absolute atomic E-state index is 0.0515. The van der Waals surface area contributed by atoms with Crippen molar-refractivity contribution in [3.63, 3.8) is 0 Å². The number of thioether (sulfide) groups is 2. The van der Waals surface area contributed by atoms with E-state index in [1.165, 1.54) is 29.1 Å². The quantitative estimate of drug-likeness (QED) is 0.0738. The first kappa shape index (κ1) is 41.8. The number of ether oxygens (including phenoxy) is 5. The summed E-state index contributed by atoms with van der Waals surface area (Å²) in [4.78, 5) is 36.6. The van der Waals surface area contributed by atoms with Crippen LogP contribution in [0.2, 0.25) is 0 Å². The van der Waals surface area contributed by atoms with Crippen molar-refractivity contribution >= 4 is 41.4 Å². The summed E-state index contributed by atoms with van der Waals surface area (Å²) in [5, 5.41) is 29.5. The molecule has 2 aliphatic heterocycles. The molecule has 0 bridgehead atoms. The molecule has 0 aromatic heterocycles. The monoisotopic (exact) mass is 800 g/mol. The Morgan fingerprint density at radius 2 is 1.20 bits per heavy atom. The largest absolute Gasteiger partial charge is 0.511 e. The highest BCUT2D eigenvalue weighted by Gasteiger charge is 2.31. The average molecular weight is 801 g/mol. The van der Waals surface area contributed by atoms with E-state index in [1.54, 1.807) is 55.5 Å². The molecule has 0 saturated heterocycles. The molecule has 0 amide bonds. The molecule has 0 spiro atoms. The van der Waals surface area contributed by atoms with Crippen LogP contribution in [-0.2, 0) is 40.8 Å². The van der Waals surface area contributed by atoms with Gasteiger partial charge >= 0.3 is 17.9 Å². The van der Waals surface area contributed by atoms with Crippen LogP contribution in [0.4, 0.5) is 0 Å². The van der Waals surface area contributed by atoms with Crippen LogP contribution in [0.5, 0.6) is 11.5 Å². The molecule has 4 aromatic carbocycles. The summed E-state index contributed by atoms with van der Waals surface area (Å²) in [7, 11) is 0. The van der Waals surface area contributed by atoms with Crippen molar-refractivity contribution in [1.82, 2.24) is 0 Å². The number of hydrogen-bond donors (Lipinski definition) is 3. The Morgan fingerprint density at radius 3 is 1.70 bits per heavy atom. The number of aliphatic hydroxyl groups is 3. The van der Waals surface area contributed by atoms with Gasteiger partial charge in [0.1, 0.15) is 51.6 Å². The Bertz CT molecular complexity index is 1950. The fraction of sp³-hybridized carbons (Fsp3) is 0.279. The van der Waals surface area contributed by atoms with Gasteiger partial charge in [0, 0.05) is 24.3 Å². The van der Waals surface area contributed by atoms with Crippen molar-refractivity contribution < 1.29 is 53.4 Å². The van der Waals surface area contributed by atoms with Gasteiger partial charge in [-0.05, 0) is 59.9 Å². The molecule has 294 valence electrons. The number of hydrogen-bond acceptors (Lipinski definition) is 13. The third-order valence-corrected chi connectivity index (χ3v) is 10.7. The SMILES string of the molecule is CCOC(=O)COc1ccc(C2CC(O)=C(SCCc3ccccc3)C(=O)O2)cc1.O=C1OC(c2ccc(OCCO)cc2)CC(O)=C1SCc1ccccc1. The van der Waals surface area contributed by atoms with Crippen LogP contribution < -0.4 is 9.47 Å². The second-order valence-electron chi connectivity index (χ2n) is 12.4. The predicted molar refractivity (Wildman–Crippen MR) is 214 cm³/mol. The summed E-state index contributed by atoms with van der Waals surface area (Å²) in [6, 6.07) is 33.7. The zero-order chi connectivity index (χ0) is 39.7. The number of esters is 3. The second-order valence-corrected chi connectivity index (χ2v) is 14.5. The lowest BCUT2D eigenvalue weighted by Gasteiger charge is -2.24. The maximum absolute atomic E-state index is 12.4. The molecule has 56 heavy (non-hydrogen) atoms. The zero-order valence-corrected chi connectivity index (χ0v) is 32.5. The third kappa shape index (κ3) is 12.6. The van der Waals surface area contributed by atoms with E-state index in [-0.39, 0.29) is 54.0 Å². The Labute approximate surface area is 334 Å². The molecule has 0 radical (unpaired) electrons. The van der Waals surface area contributed by atoms with Crippen molar-refractivity contribution in [2.75, 3.05) is 32.2 Å². The highest BCUT2D eigenvalue weighted by atomic mass is 32.2. The minimum atomic E-state index is -0.560. The van der Waals surface area contributed by atoms with E-state index in [2.05, 4.69) is 0 Å². The van der Waals surface area contributed by atoms with Gasteiger partial charge < -0.3 is 39.0 Å². The standard InChI is InChI=1S/C23H24O6S.C20H20O5S/c1-2-27-21(25)15-28-18-10-8-17(9-11-18)20-14-19(24)22(23(26)29-20)30-13-12-16-6-4-3-5-7-16;21-10-11-24-16-8-6-15(7-9-16)18-12-17(22)19(20(23)25-18)26-13-14-4-2-1-3-5-14/h3-11,20,24H,2,12-15H2,1H3;1-9,18,21-22H,10-13H2. The van der Waals surface area contributed by atoms with E-state index >= 15 is 0 Å². The Hall–Kier alpha value is -5.37. The second kappa shape index (κ2) is 21.6. The molecule has 3 N–H and O–H groups in total. The maximum atomic E-state index is 12.4. The van der Waals surface area contributed by atoms with Crippen LogP contribution in [0.3, 0.4) is 0 Å². The van der Waals surface area contributed by atoms with Gasteiger partial charge in [0.05, 0.1) is 13.2 Å². The fourth-order valence-corrected chi connectivity index (χ4v) is 7.47. The van der Waals surface area contributed by atoms with E-state index < -0.39 is 30.1 Å². The van der Waals surface area contributed by atoms with Crippen LogP contribution in [0.15, 0.2) is 131 Å². The van der Waals surface area contributed by atoms with E-state index in [1.807, 2.05) is 60.7 Å². The van der Waals surface area contributed by atoms with Crippen molar-refractivity contribution in [3.8, 4) is 11.5 Å². The molecule has 0 fully saturated rings. The van der Waals surface area contributed by atoms with Crippen LogP contribution in [0.25, 0.3) is 0 Å². The minimum Gasteiger partial charge on any atom is -0.511 e. The molecule has 2 aliphatic rings. The number of carbonyl (C=O) groups excluding carboxylic acids is 3. The average Bonchev–Trinajstić information content (AvgIpc) is 3.21. The van der Waals surface area contributed by atoms with Crippen molar-refractivity contribution in [2.24, 2.45) is 0 Å². The lowest BCUT2D eigenvalue weighted by Crippen LogP contribution is -2.20. The summed E-state index contributed by atoms with van der Waals surface area (Å²) in [5.41, 5.74) is 3.78. The van der Waals surface area contributed by atoms with Gasteiger partial charge in [-0.25, -0.2) is 14.4 Å². The Balaban J connectivity index is 0.000000216. The first-order chi connectivity index (χ1) is 27.2. The number of aryl methyl sites for hydroxylation is 1. The van der Waals surface area contributed by atoms with Crippen molar-refractivity contribution in [3.05, 3.63) is 153 Å². The summed E-state index contributed by atoms with van der Waals surface area (Å²) >= 11 is 2.60. The first-order valence-electron chi connectivity index (χ1n) is 18.1. The molecule has 2 heterocycles. The molecular formula is C43H44O11S2. The maximum Gasteiger partial charge on any atom is 0.348 e. The summed E-state index contributed by atoms with van der Waals surface area (Å²) < 4.78 is 26.5. The van der Waals surface area contributed by atoms with Gasteiger partial charge in [-0.2, -0.15) is 0 Å². The number of rotatable bonds is 16. The van der Waals surface area contributed by atoms with Gasteiger partial charge in [0.2, 0.25) is 0 Å². The van der Waals surface area contributed by atoms with E-state index in [4.69, 9.17) is 28.8 Å². The van der Waals surface area contributed by atoms with Gasteiger partial charge in [-0.15, -0.1) is 23.5 Å². The van der Waals surface area contributed by atoms with Gasteiger partial charge in [-0.1, -0.05) is 84.9 Å². The molecule has 6 rings (SSSR count). The van der Waals surface area contributed by atoms with Gasteiger partial charge in [0.25, 0.3) is 0 Å². The fourth-order valence-electron chi connectivity index (χ4n) is 5.59. The molecule has 4 aromatic rings. The molecular weight excluding hydrogens is 757 g/mol. The van der Waals surface area contributed by atoms with Gasteiger partial charge in [-0.3, -0.25) is 0 Å². The van der Waals surface area contributed by atoms with Crippen LogP contribution >= 0.6 is 23.5 Å². The summed E-state index contributed by atoms with van der Waals surface area (Å²) in [5.74, 6) is 1.08. The molecule has 11 nitrogen and oxygen atoms in total. The molecule has 0 aliphatic carbocycles. The number of carbonyl (C=O) groups is 3. The highest BCUT2D eigenvalue weighted by molar-refractivity contribution is 8.04. The van der Waals surface area contributed by atoms with E-state index in [0.29, 0.717) is 29.6 Å². The molecule has 13 heteroatoms. The predicted octanol–water partition coefficient (Wildman–Crippen LogP) is 8.11. The normalized spacial score (nSPS) is 16.6. The third-order valence-electron chi connectivity index (χ3n) is 8.38. The topological polar surface area (TPSA) is 158 Å². The molecule has 2 atom stereocenters. The lowest BCUT2D eigenvalue weighted by molar-refractivity contribution is -0.147. The molecule has 2 unspecified atom stereocenters. The lowest BCUT2D eigenvalue weighted by atomic mass is 10.0. The van der Waals surface area contributed by atoms with Gasteiger partial charge in [0.15, 0.2) is 6.61 Å². The highest BCUT2D eigenvalue weighted by Crippen LogP contribution is 2.38.